The number of nitrogens with zero attached hydrogens (tertiary/aromatic N) is 1. The maximum absolute atomic E-state index is 12.1. The van der Waals surface area contributed by atoms with Crippen molar-refractivity contribution in [1.82, 2.24) is 10.2 Å². The highest BCUT2D eigenvalue weighted by molar-refractivity contribution is 9.10. The van der Waals surface area contributed by atoms with Gasteiger partial charge < -0.3 is 10.2 Å². The maximum atomic E-state index is 12.1. The zero-order valence-corrected chi connectivity index (χ0v) is 12.3. The second-order valence-corrected chi connectivity index (χ2v) is 5.50. The summed E-state index contributed by atoms with van der Waals surface area (Å²) in [6.07, 6.45) is 2.52. The molecule has 1 aliphatic rings. The van der Waals surface area contributed by atoms with Crippen molar-refractivity contribution in [3.63, 3.8) is 0 Å². The molecule has 0 saturated heterocycles. The molecule has 0 aromatic heterocycles. The molecular weight excluding hydrogens is 292 g/mol. The summed E-state index contributed by atoms with van der Waals surface area (Å²) in [5.74, 6) is 0.270. The standard InChI is InChI=1S/C14H19BrN2O/c1-16-8-3-6-14(18)17-9-7-11-4-2-5-13(15)12(11)10-17/h2,4-5,16H,3,6-10H2,1H3. The van der Waals surface area contributed by atoms with Crippen molar-refractivity contribution in [3.8, 4) is 0 Å². The summed E-state index contributed by atoms with van der Waals surface area (Å²) in [4.78, 5) is 14.1. The molecule has 0 atom stereocenters. The highest BCUT2D eigenvalue weighted by Crippen LogP contribution is 2.26. The van der Waals surface area contributed by atoms with E-state index in [-0.39, 0.29) is 5.91 Å². The number of fused-ring (bicyclic) bond motifs is 1. The summed E-state index contributed by atoms with van der Waals surface area (Å²) in [5, 5.41) is 3.07. The van der Waals surface area contributed by atoms with Gasteiger partial charge in [0.05, 0.1) is 0 Å². The molecule has 0 unspecified atom stereocenters. The van der Waals surface area contributed by atoms with Crippen molar-refractivity contribution in [3.05, 3.63) is 33.8 Å². The van der Waals surface area contributed by atoms with Crippen LogP contribution >= 0.6 is 15.9 Å². The summed E-state index contributed by atoms with van der Waals surface area (Å²) in [6.45, 7) is 2.50. The Balaban J connectivity index is 1.99. The summed E-state index contributed by atoms with van der Waals surface area (Å²) in [5.41, 5.74) is 2.63. The van der Waals surface area contributed by atoms with Crippen molar-refractivity contribution in [2.75, 3.05) is 20.1 Å². The molecule has 3 nitrogen and oxygen atoms in total. The first-order valence-corrected chi connectivity index (χ1v) is 7.20. The van der Waals surface area contributed by atoms with Crippen LogP contribution in [-0.2, 0) is 17.8 Å². The van der Waals surface area contributed by atoms with Crippen LogP contribution in [0.5, 0.6) is 0 Å². The van der Waals surface area contributed by atoms with Crippen LogP contribution in [0, 0.1) is 0 Å². The molecule has 0 radical (unpaired) electrons. The number of benzene rings is 1. The van der Waals surface area contributed by atoms with E-state index in [0.29, 0.717) is 6.42 Å². The second-order valence-electron chi connectivity index (χ2n) is 4.65. The molecule has 1 N–H and O–H groups in total. The first kappa shape index (κ1) is 13.6. The van der Waals surface area contributed by atoms with Gasteiger partial charge >= 0.3 is 0 Å². The monoisotopic (exact) mass is 310 g/mol. The third-order valence-electron chi connectivity index (χ3n) is 3.39. The van der Waals surface area contributed by atoms with Gasteiger partial charge in [-0.25, -0.2) is 0 Å². The van der Waals surface area contributed by atoms with Crippen LogP contribution in [-0.4, -0.2) is 30.9 Å². The van der Waals surface area contributed by atoms with Crippen molar-refractivity contribution in [1.29, 1.82) is 0 Å². The van der Waals surface area contributed by atoms with Gasteiger partial charge in [-0.1, -0.05) is 28.1 Å². The molecule has 1 aromatic rings. The van der Waals surface area contributed by atoms with E-state index in [1.807, 2.05) is 18.0 Å². The molecule has 0 aliphatic carbocycles. The number of carbonyl (C=O) groups is 1. The topological polar surface area (TPSA) is 32.3 Å². The molecule has 1 heterocycles. The van der Waals surface area contributed by atoms with E-state index in [0.717, 1.165) is 36.9 Å². The van der Waals surface area contributed by atoms with E-state index in [4.69, 9.17) is 0 Å². The Kier molecular flexibility index (Phi) is 4.78. The predicted molar refractivity (Wildman–Crippen MR) is 76.4 cm³/mol. The van der Waals surface area contributed by atoms with Crippen molar-refractivity contribution in [2.45, 2.75) is 25.8 Å². The van der Waals surface area contributed by atoms with Crippen LogP contribution < -0.4 is 5.32 Å². The van der Waals surface area contributed by atoms with Gasteiger partial charge in [0.1, 0.15) is 0 Å². The van der Waals surface area contributed by atoms with Gasteiger partial charge in [0.15, 0.2) is 0 Å². The highest BCUT2D eigenvalue weighted by Gasteiger charge is 2.21. The minimum absolute atomic E-state index is 0.270. The van der Waals surface area contributed by atoms with E-state index in [2.05, 4.69) is 33.4 Å². The van der Waals surface area contributed by atoms with Crippen molar-refractivity contribution >= 4 is 21.8 Å². The Bertz CT molecular complexity index is 434. The van der Waals surface area contributed by atoms with Gasteiger partial charge in [0.2, 0.25) is 5.91 Å². The lowest BCUT2D eigenvalue weighted by Gasteiger charge is -2.29. The number of hydrogen-bond acceptors (Lipinski definition) is 2. The predicted octanol–water partition coefficient (Wildman–Crippen LogP) is 2.33. The Morgan fingerprint density at radius 1 is 1.50 bits per heavy atom. The normalized spacial score (nSPS) is 14.4. The highest BCUT2D eigenvalue weighted by atomic mass is 79.9. The van der Waals surface area contributed by atoms with Crippen LogP contribution in [0.25, 0.3) is 0 Å². The maximum Gasteiger partial charge on any atom is 0.222 e. The quantitative estimate of drug-likeness (QED) is 0.866. The Morgan fingerprint density at radius 3 is 3.11 bits per heavy atom. The molecule has 0 spiro atoms. The second kappa shape index (κ2) is 6.34. The largest absolute Gasteiger partial charge is 0.338 e. The number of halogens is 1. The zero-order valence-electron chi connectivity index (χ0n) is 10.7. The van der Waals surface area contributed by atoms with E-state index in [1.165, 1.54) is 11.1 Å². The molecule has 1 amide bonds. The molecule has 0 saturated carbocycles. The lowest BCUT2D eigenvalue weighted by molar-refractivity contribution is -0.132. The van der Waals surface area contributed by atoms with Crippen LogP contribution in [0.1, 0.15) is 24.0 Å². The minimum atomic E-state index is 0.270. The van der Waals surface area contributed by atoms with Gasteiger partial charge in [-0.3, -0.25) is 4.79 Å². The number of carbonyl (C=O) groups excluding carboxylic acids is 1. The summed E-state index contributed by atoms with van der Waals surface area (Å²) < 4.78 is 1.12. The smallest absolute Gasteiger partial charge is 0.222 e. The van der Waals surface area contributed by atoms with Gasteiger partial charge in [0, 0.05) is 24.0 Å². The number of nitrogens with one attached hydrogen (secondary N) is 1. The fourth-order valence-corrected chi connectivity index (χ4v) is 2.86. The van der Waals surface area contributed by atoms with Crippen LogP contribution in [0.2, 0.25) is 0 Å². The molecule has 0 bridgehead atoms. The molecule has 18 heavy (non-hydrogen) atoms. The number of hydrogen-bond donors (Lipinski definition) is 1. The third-order valence-corrected chi connectivity index (χ3v) is 4.13. The summed E-state index contributed by atoms with van der Waals surface area (Å²) in [7, 11) is 1.92. The zero-order chi connectivity index (χ0) is 13.0. The molecule has 1 aliphatic heterocycles. The summed E-state index contributed by atoms with van der Waals surface area (Å²) in [6, 6.07) is 6.27. The van der Waals surface area contributed by atoms with Gasteiger partial charge in [-0.15, -0.1) is 0 Å². The average molecular weight is 311 g/mol. The Labute approximate surface area is 117 Å². The lowest BCUT2D eigenvalue weighted by atomic mass is 9.99. The van der Waals surface area contributed by atoms with Crippen LogP contribution in [0.15, 0.2) is 22.7 Å². The molecule has 4 heteroatoms. The SMILES string of the molecule is CNCCCC(=O)N1CCc2cccc(Br)c2C1. The molecule has 0 fully saturated rings. The molecular formula is C14H19BrN2O. The average Bonchev–Trinajstić information content (AvgIpc) is 2.39. The number of amides is 1. The van der Waals surface area contributed by atoms with Gasteiger partial charge in [0.25, 0.3) is 0 Å². The van der Waals surface area contributed by atoms with Crippen LogP contribution in [0.4, 0.5) is 0 Å². The Hall–Kier alpha value is -0.870. The van der Waals surface area contributed by atoms with Gasteiger partial charge in [-0.2, -0.15) is 0 Å². The Morgan fingerprint density at radius 2 is 2.33 bits per heavy atom. The van der Waals surface area contributed by atoms with E-state index < -0.39 is 0 Å². The fourth-order valence-electron chi connectivity index (χ4n) is 2.33. The fraction of sp³-hybridized carbons (Fsp3) is 0.500. The van der Waals surface area contributed by atoms with E-state index in [9.17, 15) is 4.79 Å². The molecule has 1 aromatic carbocycles. The van der Waals surface area contributed by atoms with Crippen molar-refractivity contribution in [2.24, 2.45) is 0 Å². The van der Waals surface area contributed by atoms with E-state index in [1.54, 1.807) is 0 Å². The first-order valence-electron chi connectivity index (χ1n) is 6.41. The summed E-state index contributed by atoms with van der Waals surface area (Å²) >= 11 is 3.57. The molecule has 98 valence electrons. The first-order chi connectivity index (χ1) is 8.72. The van der Waals surface area contributed by atoms with Crippen molar-refractivity contribution < 1.29 is 4.79 Å². The van der Waals surface area contributed by atoms with Gasteiger partial charge in [-0.05, 0) is 43.6 Å². The minimum Gasteiger partial charge on any atom is -0.338 e. The number of rotatable bonds is 4. The lowest BCUT2D eigenvalue weighted by Crippen LogP contribution is -2.36. The van der Waals surface area contributed by atoms with E-state index >= 15 is 0 Å². The molecule has 2 rings (SSSR count). The van der Waals surface area contributed by atoms with Crippen LogP contribution in [0.3, 0.4) is 0 Å². The third kappa shape index (κ3) is 3.12.